The summed E-state index contributed by atoms with van der Waals surface area (Å²) in [6.07, 6.45) is 43.1. The molecule has 0 amide bonds. The minimum atomic E-state index is 1.22. The van der Waals surface area contributed by atoms with Gasteiger partial charge in [-0.3, -0.25) is 0 Å². The number of rotatable bonds is 31. The molecule has 1 aromatic rings. The van der Waals surface area contributed by atoms with Gasteiger partial charge in [0, 0.05) is 31.9 Å². The molecule has 1 heterocycles. The molecule has 0 unspecified atom stereocenters. The fraction of sp³-hybridized carbons (Fsp3) is 0.875. The molecule has 0 spiro atoms. The van der Waals surface area contributed by atoms with Gasteiger partial charge in [0.15, 0.2) is 11.4 Å². The van der Waals surface area contributed by atoms with Gasteiger partial charge < -0.3 is 0 Å². The topological polar surface area (TPSA) is 3.88 Å². The van der Waals surface area contributed by atoms with E-state index in [9.17, 15) is 0 Å². The molecule has 0 atom stereocenters. The van der Waals surface area contributed by atoms with Gasteiger partial charge in [0.1, 0.15) is 6.54 Å². The summed E-state index contributed by atoms with van der Waals surface area (Å²) in [5.74, 6) is 0. The molecular formula is C40H76N+. The van der Waals surface area contributed by atoms with Crippen LogP contribution in [-0.4, -0.2) is 0 Å². The van der Waals surface area contributed by atoms with Crippen molar-refractivity contribution in [1.82, 2.24) is 0 Å². The van der Waals surface area contributed by atoms with E-state index in [4.69, 9.17) is 0 Å². The Morgan fingerprint density at radius 2 is 0.707 bits per heavy atom. The van der Waals surface area contributed by atoms with Gasteiger partial charge in [-0.1, -0.05) is 181 Å². The van der Waals surface area contributed by atoms with Crippen LogP contribution in [0.3, 0.4) is 0 Å². The van der Waals surface area contributed by atoms with E-state index in [1.165, 1.54) is 210 Å². The van der Waals surface area contributed by atoms with Crippen molar-refractivity contribution < 1.29 is 4.57 Å². The average Bonchev–Trinajstić information content (AvgIpc) is 2.96. The van der Waals surface area contributed by atoms with Gasteiger partial charge in [-0.25, -0.2) is 4.57 Å². The lowest BCUT2D eigenvalue weighted by atomic mass is 10.0. The second-order valence-corrected chi connectivity index (χ2v) is 13.6. The molecule has 41 heavy (non-hydrogen) atoms. The van der Waals surface area contributed by atoms with E-state index in [2.05, 4.69) is 44.4 Å². The van der Waals surface area contributed by atoms with Gasteiger partial charge in [-0.05, 0) is 25.3 Å². The molecule has 0 aromatic carbocycles. The predicted octanol–water partition coefficient (Wildman–Crippen LogP) is 13.5. The first-order chi connectivity index (χ1) is 20.2. The Balaban J connectivity index is 2.05. The van der Waals surface area contributed by atoms with Crippen molar-refractivity contribution in [2.45, 2.75) is 227 Å². The molecule has 0 N–H and O–H groups in total. The van der Waals surface area contributed by atoms with Crippen LogP contribution in [0.15, 0.2) is 12.1 Å². The summed E-state index contributed by atoms with van der Waals surface area (Å²) < 4.78 is 2.65. The first-order valence-corrected chi connectivity index (χ1v) is 19.2. The molecule has 1 rings (SSSR count). The van der Waals surface area contributed by atoms with Crippen LogP contribution in [0.4, 0.5) is 0 Å². The van der Waals surface area contributed by atoms with Crippen molar-refractivity contribution in [3.05, 3.63) is 29.1 Å². The fourth-order valence-corrected chi connectivity index (χ4v) is 6.69. The molecule has 0 radical (unpaired) electrons. The standard InChI is InChI=1S/C40H76N/c1-5-7-9-11-13-15-17-19-21-22-24-26-28-30-32-34-40-37-38(3)36-39(4)41(40)35-33-31-29-27-25-23-20-18-16-14-12-10-8-6-2/h36-37H,5-35H2,1-4H3/q+1. The zero-order valence-corrected chi connectivity index (χ0v) is 29.0. The zero-order valence-electron chi connectivity index (χ0n) is 29.0. The van der Waals surface area contributed by atoms with E-state index in [0.29, 0.717) is 0 Å². The van der Waals surface area contributed by atoms with Crippen molar-refractivity contribution in [1.29, 1.82) is 0 Å². The van der Waals surface area contributed by atoms with Crippen LogP contribution in [0.2, 0.25) is 0 Å². The maximum Gasteiger partial charge on any atom is 0.181 e. The minimum Gasteiger partial charge on any atom is -0.200 e. The van der Waals surface area contributed by atoms with E-state index >= 15 is 0 Å². The van der Waals surface area contributed by atoms with Gasteiger partial charge in [0.05, 0.1) is 0 Å². The van der Waals surface area contributed by atoms with Crippen molar-refractivity contribution in [3.63, 3.8) is 0 Å². The Morgan fingerprint density at radius 3 is 1.07 bits per heavy atom. The summed E-state index contributed by atoms with van der Waals surface area (Å²) in [4.78, 5) is 0. The number of nitrogens with zero attached hydrogens (tertiary/aromatic N) is 1. The summed E-state index contributed by atoms with van der Waals surface area (Å²) in [6.45, 7) is 10.4. The van der Waals surface area contributed by atoms with Gasteiger partial charge in [0.25, 0.3) is 0 Å². The van der Waals surface area contributed by atoms with Gasteiger partial charge in [-0.15, -0.1) is 0 Å². The Labute approximate surface area is 260 Å². The molecule has 0 aliphatic rings. The first kappa shape index (κ1) is 38.2. The van der Waals surface area contributed by atoms with Crippen molar-refractivity contribution >= 4 is 0 Å². The largest absolute Gasteiger partial charge is 0.200 e. The van der Waals surface area contributed by atoms with E-state index in [1.807, 2.05) is 0 Å². The Bertz CT molecular complexity index is 678. The van der Waals surface area contributed by atoms with Gasteiger partial charge >= 0.3 is 0 Å². The minimum absolute atomic E-state index is 1.22. The molecule has 1 nitrogen and oxygen atoms in total. The Morgan fingerprint density at radius 1 is 0.390 bits per heavy atom. The quantitative estimate of drug-likeness (QED) is 0.0617. The monoisotopic (exact) mass is 571 g/mol. The number of hydrogen-bond donors (Lipinski definition) is 0. The summed E-state index contributed by atoms with van der Waals surface area (Å²) in [6, 6.07) is 4.86. The lowest BCUT2D eigenvalue weighted by Crippen LogP contribution is -2.41. The van der Waals surface area contributed by atoms with Crippen LogP contribution < -0.4 is 4.57 Å². The van der Waals surface area contributed by atoms with Gasteiger partial charge in [-0.2, -0.15) is 0 Å². The lowest BCUT2D eigenvalue weighted by Gasteiger charge is -2.09. The first-order valence-electron chi connectivity index (χ1n) is 19.2. The molecule has 0 saturated heterocycles. The number of aryl methyl sites for hydroxylation is 3. The lowest BCUT2D eigenvalue weighted by molar-refractivity contribution is -0.710. The second kappa shape index (κ2) is 29.2. The highest BCUT2D eigenvalue weighted by atomic mass is 15.0. The number of hydrogen-bond acceptors (Lipinski definition) is 0. The van der Waals surface area contributed by atoms with E-state index < -0.39 is 0 Å². The Kier molecular flexibility index (Phi) is 27.2. The summed E-state index contributed by atoms with van der Waals surface area (Å²) in [7, 11) is 0. The molecule has 1 heteroatoms. The highest BCUT2D eigenvalue weighted by Gasteiger charge is 2.14. The second-order valence-electron chi connectivity index (χ2n) is 13.6. The predicted molar refractivity (Wildman–Crippen MR) is 185 cm³/mol. The zero-order chi connectivity index (χ0) is 29.6. The number of pyridine rings is 1. The fourth-order valence-electron chi connectivity index (χ4n) is 6.69. The van der Waals surface area contributed by atoms with E-state index in [1.54, 1.807) is 5.69 Å². The molecule has 1 aromatic heterocycles. The van der Waals surface area contributed by atoms with Crippen LogP contribution in [0.1, 0.15) is 217 Å². The third-order valence-electron chi connectivity index (χ3n) is 9.38. The van der Waals surface area contributed by atoms with Gasteiger partial charge in [0.2, 0.25) is 0 Å². The number of unbranched alkanes of at least 4 members (excludes halogenated alkanes) is 27. The third kappa shape index (κ3) is 23.3. The summed E-state index contributed by atoms with van der Waals surface area (Å²) in [5.41, 5.74) is 4.50. The van der Waals surface area contributed by atoms with Crippen LogP contribution >= 0.6 is 0 Å². The van der Waals surface area contributed by atoms with Crippen molar-refractivity contribution in [2.24, 2.45) is 0 Å². The van der Waals surface area contributed by atoms with E-state index in [-0.39, 0.29) is 0 Å². The van der Waals surface area contributed by atoms with Crippen LogP contribution in [0.25, 0.3) is 0 Å². The maximum atomic E-state index is 2.65. The normalized spacial score (nSPS) is 11.5. The van der Waals surface area contributed by atoms with Crippen molar-refractivity contribution in [3.8, 4) is 0 Å². The molecule has 0 aliphatic heterocycles. The summed E-state index contributed by atoms with van der Waals surface area (Å²) in [5, 5.41) is 0. The molecule has 0 bridgehead atoms. The smallest absolute Gasteiger partial charge is 0.181 e. The SMILES string of the molecule is CCCCCCCCCCCCCCCCCc1cc(C)cc(C)[n+]1CCCCCCCCCCCCCCCC. The molecular weight excluding hydrogens is 494 g/mol. The maximum absolute atomic E-state index is 2.65. The highest BCUT2D eigenvalue weighted by Crippen LogP contribution is 2.16. The summed E-state index contributed by atoms with van der Waals surface area (Å²) >= 11 is 0. The van der Waals surface area contributed by atoms with Crippen LogP contribution in [-0.2, 0) is 13.0 Å². The molecule has 0 fully saturated rings. The highest BCUT2D eigenvalue weighted by molar-refractivity contribution is 5.14. The molecule has 0 saturated carbocycles. The van der Waals surface area contributed by atoms with Crippen molar-refractivity contribution in [2.75, 3.05) is 0 Å². The third-order valence-corrected chi connectivity index (χ3v) is 9.38. The molecule has 0 aliphatic carbocycles. The molecule has 240 valence electrons. The van der Waals surface area contributed by atoms with Crippen LogP contribution in [0, 0.1) is 13.8 Å². The van der Waals surface area contributed by atoms with E-state index in [0.717, 1.165) is 0 Å². The average molecular weight is 571 g/mol. The van der Waals surface area contributed by atoms with Crippen LogP contribution in [0.5, 0.6) is 0 Å². The Hall–Kier alpha value is -0.850. The number of aromatic nitrogens is 1.